The van der Waals surface area contributed by atoms with E-state index < -0.39 is 0 Å². The van der Waals surface area contributed by atoms with Gasteiger partial charge in [-0.3, -0.25) is 14.5 Å². The fraction of sp³-hybridized carbons (Fsp3) is 0.500. The second-order valence-electron chi connectivity index (χ2n) is 6.48. The summed E-state index contributed by atoms with van der Waals surface area (Å²) in [7, 11) is 0. The molecular formula is C20H27NO3S. The van der Waals surface area contributed by atoms with E-state index in [0.29, 0.717) is 36.7 Å². The fourth-order valence-corrected chi connectivity index (χ4v) is 3.73. The lowest BCUT2D eigenvalue weighted by Crippen LogP contribution is -2.33. The van der Waals surface area contributed by atoms with Crippen molar-refractivity contribution in [3.63, 3.8) is 0 Å². The van der Waals surface area contributed by atoms with Gasteiger partial charge in [0, 0.05) is 25.0 Å². The van der Waals surface area contributed by atoms with Crippen LogP contribution in [-0.2, 0) is 14.3 Å². The first-order valence-corrected chi connectivity index (χ1v) is 9.67. The molecule has 0 spiro atoms. The molecule has 0 fully saturated rings. The number of nitrogens with zero attached hydrogens (tertiary/aromatic N) is 1. The van der Waals surface area contributed by atoms with Gasteiger partial charge in [-0.1, -0.05) is 32.0 Å². The Balaban J connectivity index is 2.33. The highest BCUT2D eigenvalue weighted by Crippen LogP contribution is 2.38. The van der Waals surface area contributed by atoms with Crippen molar-refractivity contribution in [3.8, 4) is 0 Å². The van der Waals surface area contributed by atoms with Crippen molar-refractivity contribution < 1.29 is 14.3 Å². The van der Waals surface area contributed by atoms with E-state index >= 15 is 0 Å². The second kappa shape index (κ2) is 8.68. The highest BCUT2D eigenvalue weighted by Gasteiger charge is 2.39. The third-order valence-corrected chi connectivity index (χ3v) is 5.23. The van der Waals surface area contributed by atoms with Crippen LogP contribution in [0.3, 0.4) is 0 Å². The van der Waals surface area contributed by atoms with Gasteiger partial charge in [-0.2, -0.15) is 0 Å². The number of hydrogen-bond acceptors (Lipinski definition) is 4. The predicted octanol–water partition coefficient (Wildman–Crippen LogP) is 3.95. The first-order valence-electron chi connectivity index (χ1n) is 8.79. The van der Waals surface area contributed by atoms with E-state index in [1.807, 2.05) is 52.8 Å². The molecular weight excluding hydrogens is 334 g/mol. The molecule has 25 heavy (non-hydrogen) atoms. The smallest absolute Gasteiger partial charge is 0.267 e. The predicted molar refractivity (Wildman–Crippen MR) is 103 cm³/mol. The van der Waals surface area contributed by atoms with E-state index in [1.54, 1.807) is 0 Å². The van der Waals surface area contributed by atoms with Gasteiger partial charge in [0.25, 0.3) is 11.8 Å². The lowest BCUT2D eigenvalue weighted by Gasteiger charge is -2.15. The fourth-order valence-electron chi connectivity index (χ4n) is 2.72. The largest absolute Gasteiger partial charge is 0.382 e. The molecule has 0 bridgehead atoms. The third-order valence-electron chi connectivity index (χ3n) is 4.15. The summed E-state index contributed by atoms with van der Waals surface area (Å²) in [6, 6.07) is 5.94. The highest BCUT2D eigenvalue weighted by atomic mass is 32.2. The molecule has 0 saturated heterocycles. The van der Waals surface area contributed by atoms with Crippen LogP contribution in [-0.4, -0.2) is 41.7 Å². The number of imide groups is 1. The quantitative estimate of drug-likeness (QED) is 0.519. The number of carbonyl (C=O) groups is 2. The van der Waals surface area contributed by atoms with Gasteiger partial charge >= 0.3 is 0 Å². The maximum Gasteiger partial charge on any atom is 0.267 e. The molecule has 1 aromatic carbocycles. The maximum atomic E-state index is 13.0. The Hall–Kier alpha value is -1.59. The van der Waals surface area contributed by atoms with E-state index in [2.05, 4.69) is 0 Å². The Labute approximate surface area is 154 Å². The first kappa shape index (κ1) is 19.7. The van der Waals surface area contributed by atoms with Gasteiger partial charge in [-0.05, 0) is 43.9 Å². The molecule has 0 saturated carbocycles. The van der Waals surface area contributed by atoms with Crippen LogP contribution in [0.2, 0.25) is 0 Å². The van der Waals surface area contributed by atoms with E-state index in [9.17, 15) is 9.59 Å². The monoisotopic (exact) mass is 361 g/mol. The van der Waals surface area contributed by atoms with Crippen LogP contribution in [0.1, 0.15) is 43.9 Å². The first-order chi connectivity index (χ1) is 11.9. The number of carbonyl (C=O) groups excluding carboxylic acids is 2. The number of thioether (sulfide) groups is 1. The van der Waals surface area contributed by atoms with Crippen LogP contribution in [0.5, 0.6) is 0 Å². The summed E-state index contributed by atoms with van der Waals surface area (Å²) in [5, 5.41) is 0.233. The van der Waals surface area contributed by atoms with Crippen molar-refractivity contribution in [1.29, 1.82) is 0 Å². The van der Waals surface area contributed by atoms with Crippen molar-refractivity contribution in [2.75, 3.05) is 19.8 Å². The lowest BCUT2D eigenvalue weighted by atomic mass is 10.0. The molecule has 0 aliphatic carbocycles. The van der Waals surface area contributed by atoms with Crippen molar-refractivity contribution >= 4 is 29.1 Å². The summed E-state index contributed by atoms with van der Waals surface area (Å²) in [6.45, 7) is 11.7. The molecule has 2 amide bonds. The zero-order chi connectivity index (χ0) is 18.6. The SMILES string of the molecule is CCOCCCN1C(=O)C(SC(C)C)=C(c2ccc(C)c(C)c2)C1=O. The standard InChI is InChI=1S/C20H27NO3S/c1-6-24-11-7-10-21-19(22)17(18(20(21)23)25-13(2)3)16-9-8-14(4)15(5)12-16/h8-9,12-13H,6-7,10-11H2,1-5H3. The molecule has 2 rings (SSSR count). The Bertz CT molecular complexity index is 694. The summed E-state index contributed by atoms with van der Waals surface area (Å²) >= 11 is 1.47. The summed E-state index contributed by atoms with van der Waals surface area (Å²) in [5.74, 6) is -0.360. The van der Waals surface area contributed by atoms with Crippen LogP contribution in [0.4, 0.5) is 0 Å². The van der Waals surface area contributed by atoms with Gasteiger partial charge in [0.15, 0.2) is 0 Å². The van der Waals surface area contributed by atoms with Crippen LogP contribution in [0.25, 0.3) is 5.57 Å². The molecule has 1 aromatic rings. The number of amides is 2. The van der Waals surface area contributed by atoms with Gasteiger partial charge in [0.05, 0.1) is 10.5 Å². The second-order valence-corrected chi connectivity index (χ2v) is 8.07. The number of aryl methyl sites for hydroxylation is 2. The Morgan fingerprint density at radius 2 is 1.84 bits per heavy atom. The van der Waals surface area contributed by atoms with Crippen molar-refractivity contribution in [2.45, 2.75) is 46.3 Å². The minimum atomic E-state index is -0.187. The van der Waals surface area contributed by atoms with Crippen LogP contribution >= 0.6 is 11.8 Å². The number of rotatable bonds is 8. The number of ether oxygens (including phenoxy) is 1. The molecule has 0 N–H and O–H groups in total. The molecule has 1 aliphatic heterocycles. The molecule has 0 atom stereocenters. The molecule has 1 heterocycles. The van der Waals surface area contributed by atoms with E-state index in [1.165, 1.54) is 22.2 Å². The van der Waals surface area contributed by atoms with Crippen LogP contribution in [0.15, 0.2) is 23.1 Å². The molecule has 0 unspecified atom stereocenters. The van der Waals surface area contributed by atoms with E-state index in [-0.39, 0.29) is 17.1 Å². The van der Waals surface area contributed by atoms with Gasteiger partial charge < -0.3 is 4.74 Å². The van der Waals surface area contributed by atoms with E-state index in [0.717, 1.165) is 11.1 Å². The van der Waals surface area contributed by atoms with E-state index in [4.69, 9.17) is 4.74 Å². The minimum Gasteiger partial charge on any atom is -0.382 e. The summed E-state index contributed by atoms with van der Waals surface area (Å²) in [6.07, 6.45) is 0.658. The summed E-state index contributed by atoms with van der Waals surface area (Å²) in [5.41, 5.74) is 3.67. The topological polar surface area (TPSA) is 46.6 Å². The average Bonchev–Trinajstić information content (AvgIpc) is 2.78. The van der Waals surface area contributed by atoms with Gasteiger partial charge in [-0.25, -0.2) is 0 Å². The lowest BCUT2D eigenvalue weighted by molar-refractivity contribution is -0.136. The van der Waals surface area contributed by atoms with Gasteiger partial charge in [-0.15, -0.1) is 11.8 Å². The molecule has 5 heteroatoms. The molecule has 4 nitrogen and oxygen atoms in total. The molecule has 136 valence electrons. The zero-order valence-electron chi connectivity index (χ0n) is 15.7. The number of hydrogen-bond donors (Lipinski definition) is 0. The normalized spacial score (nSPS) is 15.0. The van der Waals surface area contributed by atoms with Gasteiger partial charge in [0.1, 0.15) is 0 Å². The molecule has 0 radical (unpaired) electrons. The Kier molecular flexibility index (Phi) is 6.85. The van der Waals surface area contributed by atoms with Crippen molar-refractivity contribution in [1.82, 2.24) is 4.90 Å². The minimum absolute atomic E-state index is 0.173. The van der Waals surface area contributed by atoms with Crippen LogP contribution < -0.4 is 0 Å². The number of benzene rings is 1. The summed E-state index contributed by atoms with van der Waals surface area (Å²) < 4.78 is 5.33. The average molecular weight is 362 g/mol. The Morgan fingerprint density at radius 3 is 2.44 bits per heavy atom. The molecule has 1 aliphatic rings. The summed E-state index contributed by atoms with van der Waals surface area (Å²) in [4.78, 5) is 27.7. The maximum absolute atomic E-state index is 13.0. The van der Waals surface area contributed by atoms with Crippen molar-refractivity contribution in [3.05, 3.63) is 39.8 Å². The highest BCUT2D eigenvalue weighted by molar-refractivity contribution is 8.04. The molecule has 0 aromatic heterocycles. The Morgan fingerprint density at radius 1 is 1.12 bits per heavy atom. The van der Waals surface area contributed by atoms with Gasteiger partial charge in [0.2, 0.25) is 0 Å². The van der Waals surface area contributed by atoms with Crippen LogP contribution in [0, 0.1) is 13.8 Å². The zero-order valence-corrected chi connectivity index (χ0v) is 16.5. The third kappa shape index (κ3) is 4.53. The van der Waals surface area contributed by atoms with Crippen molar-refractivity contribution in [2.24, 2.45) is 0 Å².